The van der Waals surface area contributed by atoms with Crippen LogP contribution in [-0.2, 0) is 0 Å². The highest BCUT2D eigenvalue weighted by molar-refractivity contribution is 6.32. The smallest absolute Gasteiger partial charge is 0.257 e. The molecule has 6 nitrogen and oxygen atoms in total. The van der Waals surface area contributed by atoms with Gasteiger partial charge in [-0.25, -0.2) is 9.67 Å². The molecule has 1 N–H and O–H groups in total. The molecule has 0 aliphatic heterocycles. The molecule has 7 heteroatoms. The van der Waals surface area contributed by atoms with Gasteiger partial charge in [0.1, 0.15) is 12.7 Å². The van der Waals surface area contributed by atoms with E-state index in [0.717, 1.165) is 11.1 Å². The van der Waals surface area contributed by atoms with Crippen LogP contribution in [0.4, 0.5) is 5.69 Å². The molecule has 4 aromatic rings. The lowest BCUT2D eigenvalue weighted by atomic mass is 10.1. The van der Waals surface area contributed by atoms with E-state index in [1.54, 1.807) is 41.5 Å². The van der Waals surface area contributed by atoms with E-state index in [1.807, 2.05) is 24.3 Å². The van der Waals surface area contributed by atoms with Gasteiger partial charge in [-0.05, 0) is 42.5 Å². The highest BCUT2D eigenvalue weighted by atomic mass is 35.5. The van der Waals surface area contributed by atoms with Crippen molar-refractivity contribution >= 4 is 34.1 Å². The molecule has 0 aliphatic rings. The summed E-state index contributed by atoms with van der Waals surface area (Å²) in [5.41, 5.74) is 2.57. The van der Waals surface area contributed by atoms with E-state index in [2.05, 4.69) is 20.4 Å². The summed E-state index contributed by atoms with van der Waals surface area (Å²) in [4.78, 5) is 20.9. The lowest BCUT2D eigenvalue weighted by Crippen LogP contribution is -2.13. The summed E-state index contributed by atoms with van der Waals surface area (Å²) in [6.45, 7) is 0. The zero-order chi connectivity index (χ0) is 17.2. The van der Waals surface area contributed by atoms with Crippen LogP contribution in [0.5, 0.6) is 0 Å². The molecule has 0 saturated heterocycles. The van der Waals surface area contributed by atoms with Crippen molar-refractivity contribution in [2.75, 3.05) is 5.32 Å². The second-order valence-corrected chi connectivity index (χ2v) is 5.81. The van der Waals surface area contributed by atoms with E-state index in [-0.39, 0.29) is 5.91 Å². The fourth-order valence-corrected chi connectivity index (χ4v) is 2.79. The van der Waals surface area contributed by atoms with Gasteiger partial charge in [0.15, 0.2) is 0 Å². The van der Waals surface area contributed by atoms with Gasteiger partial charge in [-0.2, -0.15) is 5.10 Å². The molecule has 2 heterocycles. The predicted molar refractivity (Wildman–Crippen MR) is 96.1 cm³/mol. The Morgan fingerprint density at radius 3 is 2.72 bits per heavy atom. The fraction of sp³-hybridized carbons (Fsp3) is 0. The molecule has 0 spiro atoms. The number of hydrogen-bond acceptors (Lipinski definition) is 4. The summed E-state index contributed by atoms with van der Waals surface area (Å²) < 4.78 is 1.64. The van der Waals surface area contributed by atoms with Crippen LogP contribution < -0.4 is 5.32 Å². The van der Waals surface area contributed by atoms with Crippen LogP contribution in [-0.4, -0.2) is 25.7 Å². The molecule has 2 aromatic heterocycles. The maximum Gasteiger partial charge on any atom is 0.257 e. The molecule has 0 radical (unpaired) electrons. The minimum absolute atomic E-state index is 0.264. The molecular weight excluding hydrogens is 338 g/mol. The van der Waals surface area contributed by atoms with Crippen molar-refractivity contribution in [3.63, 3.8) is 0 Å². The van der Waals surface area contributed by atoms with Crippen molar-refractivity contribution in [2.24, 2.45) is 0 Å². The summed E-state index contributed by atoms with van der Waals surface area (Å²) in [7, 11) is 0. The number of fused-ring (bicyclic) bond motifs is 1. The average Bonchev–Trinajstić information content (AvgIpc) is 3.16. The standard InChI is InChI=1S/C18H12ClN5O/c19-13-8-12-2-1-7-21-17(12)16(9-13)18(25)23-14-3-5-15(6-4-14)24-11-20-10-22-24/h1-11H,(H,23,25). The minimum atomic E-state index is -0.264. The molecule has 25 heavy (non-hydrogen) atoms. The van der Waals surface area contributed by atoms with Gasteiger partial charge in [0.25, 0.3) is 5.91 Å². The Morgan fingerprint density at radius 2 is 1.96 bits per heavy atom. The number of carbonyl (C=O) groups excluding carboxylic acids is 1. The lowest BCUT2D eigenvalue weighted by Gasteiger charge is -2.09. The van der Waals surface area contributed by atoms with Gasteiger partial charge in [-0.1, -0.05) is 17.7 Å². The topological polar surface area (TPSA) is 72.7 Å². The highest BCUT2D eigenvalue weighted by Crippen LogP contribution is 2.23. The first-order valence-electron chi connectivity index (χ1n) is 7.51. The number of hydrogen-bond donors (Lipinski definition) is 1. The Hall–Kier alpha value is -3.25. The third-order valence-electron chi connectivity index (χ3n) is 3.72. The Labute approximate surface area is 148 Å². The third kappa shape index (κ3) is 3.07. The van der Waals surface area contributed by atoms with Crippen LogP contribution in [0, 0.1) is 0 Å². The zero-order valence-electron chi connectivity index (χ0n) is 12.9. The summed E-state index contributed by atoms with van der Waals surface area (Å²) in [5, 5.41) is 8.24. The first-order chi connectivity index (χ1) is 12.2. The van der Waals surface area contributed by atoms with Gasteiger partial charge in [-0.3, -0.25) is 9.78 Å². The number of amides is 1. The molecular formula is C18H12ClN5O. The molecule has 0 unspecified atom stereocenters. The van der Waals surface area contributed by atoms with E-state index in [9.17, 15) is 4.79 Å². The van der Waals surface area contributed by atoms with E-state index < -0.39 is 0 Å². The molecule has 0 aliphatic carbocycles. The van der Waals surface area contributed by atoms with Crippen LogP contribution in [0.25, 0.3) is 16.6 Å². The van der Waals surface area contributed by atoms with Crippen molar-refractivity contribution in [1.82, 2.24) is 19.7 Å². The van der Waals surface area contributed by atoms with Crippen molar-refractivity contribution in [1.29, 1.82) is 0 Å². The average molecular weight is 350 g/mol. The van der Waals surface area contributed by atoms with Crippen LogP contribution >= 0.6 is 11.6 Å². The van der Waals surface area contributed by atoms with Crippen LogP contribution in [0.1, 0.15) is 10.4 Å². The number of carbonyl (C=O) groups is 1. The van der Waals surface area contributed by atoms with Gasteiger partial charge in [0.2, 0.25) is 0 Å². The number of halogens is 1. The number of benzene rings is 2. The van der Waals surface area contributed by atoms with Gasteiger partial charge < -0.3 is 5.32 Å². The van der Waals surface area contributed by atoms with Crippen molar-refractivity contribution in [2.45, 2.75) is 0 Å². The van der Waals surface area contributed by atoms with E-state index in [0.29, 0.717) is 21.8 Å². The first-order valence-corrected chi connectivity index (χ1v) is 7.89. The van der Waals surface area contributed by atoms with Crippen molar-refractivity contribution in [3.8, 4) is 5.69 Å². The number of nitrogens with zero attached hydrogens (tertiary/aromatic N) is 4. The lowest BCUT2D eigenvalue weighted by molar-refractivity contribution is 0.102. The fourth-order valence-electron chi connectivity index (χ4n) is 2.57. The SMILES string of the molecule is O=C(Nc1ccc(-n2cncn2)cc1)c1cc(Cl)cc2cccnc12. The molecule has 0 fully saturated rings. The van der Waals surface area contributed by atoms with Crippen molar-refractivity contribution < 1.29 is 4.79 Å². The number of anilines is 1. The molecule has 0 bridgehead atoms. The summed E-state index contributed by atoms with van der Waals surface area (Å²) in [6, 6.07) is 14.4. The Balaban J connectivity index is 1.62. The molecule has 2 aromatic carbocycles. The first kappa shape index (κ1) is 15.3. The third-order valence-corrected chi connectivity index (χ3v) is 3.94. The number of aromatic nitrogens is 4. The van der Waals surface area contributed by atoms with E-state index in [4.69, 9.17) is 11.6 Å². The zero-order valence-corrected chi connectivity index (χ0v) is 13.7. The second kappa shape index (κ2) is 6.33. The number of rotatable bonds is 3. The maximum absolute atomic E-state index is 12.7. The quantitative estimate of drug-likeness (QED) is 0.611. The van der Waals surface area contributed by atoms with E-state index >= 15 is 0 Å². The maximum atomic E-state index is 12.7. The number of pyridine rings is 1. The highest BCUT2D eigenvalue weighted by Gasteiger charge is 2.13. The predicted octanol–water partition coefficient (Wildman–Crippen LogP) is 3.72. The van der Waals surface area contributed by atoms with Crippen LogP contribution in [0.15, 0.2) is 67.4 Å². The van der Waals surface area contributed by atoms with Gasteiger partial charge >= 0.3 is 0 Å². The molecule has 4 rings (SSSR count). The summed E-state index contributed by atoms with van der Waals surface area (Å²) in [6.07, 6.45) is 4.73. The van der Waals surface area contributed by atoms with E-state index in [1.165, 1.54) is 6.33 Å². The Bertz CT molecular complexity index is 1040. The van der Waals surface area contributed by atoms with Gasteiger partial charge in [-0.15, -0.1) is 0 Å². The molecule has 1 amide bonds. The molecule has 0 saturated carbocycles. The Kier molecular flexibility index (Phi) is 3.87. The monoisotopic (exact) mass is 349 g/mol. The second-order valence-electron chi connectivity index (χ2n) is 5.37. The number of nitrogens with one attached hydrogen (secondary N) is 1. The summed E-state index contributed by atoms with van der Waals surface area (Å²) >= 11 is 6.13. The van der Waals surface area contributed by atoms with Crippen LogP contribution in [0.2, 0.25) is 5.02 Å². The molecule has 122 valence electrons. The largest absolute Gasteiger partial charge is 0.322 e. The normalized spacial score (nSPS) is 10.8. The van der Waals surface area contributed by atoms with Gasteiger partial charge in [0, 0.05) is 22.3 Å². The van der Waals surface area contributed by atoms with Crippen LogP contribution in [0.3, 0.4) is 0 Å². The van der Waals surface area contributed by atoms with Crippen molar-refractivity contribution in [3.05, 3.63) is 78.0 Å². The summed E-state index contributed by atoms with van der Waals surface area (Å²) in [5.74, 6) is -0.264. The Morgan fingerprint density at radius 1 is 1.12 bits per heavy atom. The molecule has 0 atom stereocenters. The minimum Gasteiger partial charge on any atom is -0.322 e. The van der Waals surface area contributed by atoms with Gasteiger partial charge in [0.05, 0.1) is 16.8 Å².